The van der Waals surface area contributed by atoms with Gasteiger partial charge in [0.2, 0.25) is 0 Å². The number of oxime groups is 1. The zero-order chi connectivity index (χ0) is 12.3. The molecule has 0 saturated carbocycles. The number of hydrogen-bond acceptors (Lipinski definition) is 4. The third kappa shape index (κ3) is 2.49. The molecule has 1 saturated heterocycles. The van der Waals surface area contributed by atoms with Crippen LogP contribution in [0.25, 0.3) is 0 Å². The number of nitrogens with two attached hydrogens (primary N) is 1. The van der Waals surface area contributed by atoms with E-state index in [0.717, 1.165) is 12.4 Å². The number of amidine groups is 1. The smallest absolute Gasteiger partial charge is 0.188 e. The molecule has 1 unspecified atom stereocenters. The van der Waals surface area contributed by atoms with Gasteiger partial charge in [-0.25, -0.2) is 4.98 Å². The lowest BCUT2D eigenvalue weighted by Gasteiger charge is -2.34. The van der Waals surface area contributed by atoms with E-state index in [1.807, 2.05) is 12.1 Å². The molecular weight excluding hydrogens is 216 g/mol. The minimum absolute atomic E-state index is 0.0523. The van der Waals surface area contributed by atoms with E-state index in [4.69, 9.17) is 10.9 Å². The van der Waals surface area contributed by atoms with Crippen LogP contribution in [-0.2, 0) is 0 Å². The summed E-state index contributed by atoms with van der Waals surface area (Å²) >= 11 is 0. The fourth-order valence-electron chi connectivity index (χ4n) is 2.22. The molecule has 0 aliphatic carbocycles. The Morgan fingerprint density at radius 1 is 1.53 bits per heavy atom. The minimum Gasteiger partial charge on any atom is -0.409 e. The Hall–Kier alpha value is -1.78. The summed E-state index contributed by atoms with van der Waals surface area (Å²) < 4.78 is 0. The Morgan fingerprint density at radius 2 is 2.35 bits per heavy atom. The predicted molar refractivity (Wildman–Crippen MR) is 67.4 cm³/mol. The van der Waals surface area contributed by atoms with Crippen LogP contribution in [0.4, 0.5) is 5.82 Å². The number of pyridine rings is 1. The summed E-state index contributed by atoms with van der Waals surface area (Å²) in [6.07, 6.45) is 3.66. The molecule has 0 bridgehead atoms. The van der Waals surface area contributed by atoms with Gasteiger partial charge in [-0.3, -0.25) is 0 Å². The van der Waals surface area contributed by atoms with Gasteiger partial charge in [-0.2, -0.15) is 0 Å². The van der Waals surface area contributed by atoms with Gasteiger partial charge in [-0.15, -0.1) is 0 Å². The van der Waals surface area contributed by atoms with Crippen molar-refractivity contribution >= 4 is 11.7 Å². The quantitative estimate of drug-likeness (QED) is 0.352. The summed E-state index contributed by atoms with van der Waals surface area (Å²) in [7, 11) is 0. The lowest BCUT2D eigenvalue weighted by atomic mass is 10.0. The Bertz CT molecular complexity index is 419. The number of nitrogens with zero attached hydrogens (tertiary/aromatic N) is 3. The molecule has 0 radical (unpaired) electrons. The van der Waals surface area contributed by atoms with Crippen LogP contribution in [0.15, 0.2) is 23.4 Å². The maximum atomic E-state index is 8.65. The van der Waals surface area contributed by atoms with E-state index in [9.17, 15) is 0 Å². The Labute approximate surface area is 101 Å². The van der Waals surface area contributed by atoms with E-state index in [2.05, 4.69) is 22.0 Å². The van der Waals surface area contributed by atoms with Crippen LogP contribution in [-0.4, -0.2) is 28.6 Å². The summed E-state index contributed by atoms with van der Waals surface area (Å²) in [5.74, 6) is 0.956. The second kappa shape index (κ2) is 5.03. The highest BCUT2D eigenvalue weighted by Gasteiger charge is 2.19. The van der Waals surface area contributed by atoms with Gasteiger partial charge in [0, 0.05) is 12.6 Å². The molecule has 0 amide bonds. The fourth-order valence-corrected chi connectivity index (χ4v) is 2.22. The van der Waals surface area contributed by atoms with Crippen molar-refractivity contribution in [1.29, 1.82) is 0 Å². The maximum Gasteiger partial charge on any atom is 0.188 e. The van der Waals surface area contributed by atoms with Crippen LogP contribution in [0, 0.1) is 0 Å². The van der Waals surface area contributed by atoms with Crippen molar-refractivity contribution < 1.29 is 5.21 Å². The Kier molecular flexibility index (Phi) is 3.46. The van der Waals surface area contributed by atoms with Gasteiger partial charge in [0.05, 0.1) is 0 Å². The van der Waals surface area contributed by atoms with Crippen molar-refractivity contribution in [2.24, 2.45) is 10.9 Å². The molecule has 1 aromatic heterocycles. The normalized spacial score (nSPS) is 21.6. The van der Waals surface area contributed by atoms with Gasteiger partial charge >= 0.3 is 0 Å². The monoisotopic (exact) mass is 234 g/mol. The number of aromatic nitrogens is 1. The molecular formula is C12H18N4O. The van der Waals surface area contributed by atoms with Crippen LogP contribution in [0.3, 0.4) is 0 Å². The summed E-state index contributed by atoms with van der Waals surface area (Å²) in [5, 5.41) is 11.6. The Morgan fingerprint density at radius 3 is 3.06 bits per heavy atom. The van der Waals surface area contributed by atoms with E-state index in [1.54, 1.807) is 6.07 Å². The molecule has 3 N–H and O–H groups in total. The fraction of sp³-hybridized carbons (Fsp3) is 0.500. The number of anilines is 1. The highest BCUT2D eigenvalue weighted by Crippen LogP contribution is 2.22. The molecule has 0 spiro atoms. The highest BCUT2D eigenvalue weighted by atomic mass is 16.4. The third-order valence-corrected chi connectivity index (χ3v) is 3.20. The second-order valence-corrected chi connectivity index (χ2v) is 4.40. The average Bonchev–Trinajstić information content (AvgIpc) is 2.38. The summed E-state index contributed by atoms with van der Waals surface area (Å²) in [6, 6.07) is 6.10. The van der Waals surface area contributed by atoms with Crippen LogP contribution in [0.1, 0.15) is 31.9 Å². The summed E-state index contributed by atoms with van der Waals surface area (Å²) in [6.45, 7) is 3.23. The van der Waals surface area contributed by atoms with Crippen molar-refractivity contribution in [2.75, 3.05) is 11.4 Å². The zero-order valence-electron chi connectivity index (χ0n) is 10.0. The van der Waals surface area contributed by atoms with Crippen molar-refractivity contribution in [2.45, 2.75) is 32.2 Å². The van der Waals surface area contributed by atoms with Crippen molar-refractivity contribution in [3.8, 4) is 0 Å². The first-order chi connectivity index (χ1) is 8.22. The van der Waals surface area contributed by atoms with E-state index in [-0.39, 0.29) is 5.84 Å². The number of rotatable bonds is 2. The number of hydrogen-bond donors (Lipinski definition) is 2. The molecule has 1 aliphatic rings. The van der Waals surface area contributed by atoms with Gasteiger partial charge in [0.25, 0.3) is 0 Å². The number of piperidine rings is 1. The molecule has 5 heteroatoms. The first kappa shape index (κ1) is 11.7. The van der Waals surface area contributed by atoms with Gasteiger partial charge in [0.1, 0.15) is 11.5 Å². The van der Waals surface area contributed by atoms with E-state index in [0.29, 0.717) is 11.7 Å². The first-order valence-electron chi connectivity index (χ1n) is 5.94. The minimum atomic E-state index is 0.0523. The lowest BCUT2D eigenvalue weighted by molar-refractivity contribution is 0.318. The molecule has 2 rings (SSSR count). The van der Waals surface area contributed by atoms with Gasteiger partial charge in [0.15, 0.2) is 5.84 Å². The largest absolute Gasteiger partial charge is 0.409 e. The molecule has 2 heterocycles. The molecule has 17 heavy (non-hydrogen) atoms. The van der Waals surface area contributed by atoms with Crippen LogP contribution < -0.4 is 10.6 Å². The van der Waals surface area contributed by atoms with Gasteiger partial charge in [-0.1, -0.05) is 11.2 Å². The standard InChI is InChI=1S/C12H18N4O/c1-9-5-2-3-8-16(9)11-7-4-6-10(14-11)12(13)15-17/h4,6-7,9,17H,2-3,5,8H2,1H3,(H2,13,15). The van der Waals surface area contributed by atoms with Crippen molar-refractivity contribution in [3.05, 3.63) is 23.9 Å². The lowest BCUT2D eigenvalue weighted by Crippen LogP contribution is -2.38. The average molecular weight is 234 g/mol. The summed E-state index contributed by atoms with van der Waals surface area (Å²) in [4.78, 5) is 6.70. The third-order valence-electron chi connectivity index (χ3n) is 3.20. The van der Waals surface area contributed by atoms with Gasteiger partial charge in [-0.05, 0) is 38.3 Å². The first-order valence-corrected chi connectivity index (χ1v) is 5.94. The molecule has 1 atom stereocenters. The molecule has 92 valence electrons. The van der Waals surface area contributed by atoms with Crippen LogP contribution >= 0.6 is 0 Å². The maximum absolute atomic E-state index is 8.65. The van der Waals surface area contributed by atoms with Crippen molar-refractivity contribution in [1.82, 2.24) is 4.98 Å². The molecule has 1 aromatic rings. The van der Waals surface area contributed by atoms with Crippen molar-refractivity contribution in [3.63, 3.8) is 0 Å². The summed E-state index contributed by atoms with van der Waals surface area (Å²) in [5.41, 5.74) is 6.06. The van der Waals surface area contributed by atoms with E-state index >= 15 is 0 Å². The molecule has 1 fully saturated rings. The predicted octanol–water partition coefficient (Wildman–Crippen LogP) is 1.55. The van der Waals surface area contributed by atoms with Gasteiger partial charge < -0.3 is 15.8 Å². The topological polar surface area (TPSA) is 74.7 Å². The van der Waals surface area contributed by atoms with Crippen LogP contribution in [0.2, 0.25) is 0 Å². The van der Waals surface area contributed by atoms with Crippen LogP contribution in [0.5, 0.6) is 0 Å². The molecule has 1 aliphatic heterocycles. The van der Waals surface area contributed by atoms with E-state index < -0.39 is 0 Å². The molecule has 0 aromatic carbocycles. The van der Waals surface area contributed by atoms with E-state index in [1.165, 1.54) is 19.3 Å². The SMILES string of the molecule is CC1CCCCN1c1cccc(C(N)=NO)n1. The zero-order valence-corrected chi connectivity index (χ0v) is 10.0. The Balaban J connectivity index is 2.26. The highest BCUT2D eigenvalue weighted by molar-refractivity contribution is 5.95. The molecule has 5 nitrogen and oxygen atoms in total. The second-order valence-electron chi connectivity index (χ2n) is 4.40.